The average molecular weight is 222 g/mol. The Kier molecular flexibility index (Phi) is 2.83. The van der Waals surface area contributed by atoms with E-state index in [2.05, 4.69) is 4.98 Å². The highest BCUT2D eigenvalue weighted by Crippen LogP contribution is 2.18. The van der Waals surface area contributed by atoms with Gasteiger partial charge < -0.3 is 4.42 Å². The molecule has 0 fully saturated rings. The third-order valence-electron chi connectivity index (χ3n) is 1.99. The first-order chi connectivity index (χ1) is 7.29. The summed E-state index contributed by atoms with van der Waals surface area (Å²) in [5, 5.41) is 0.670. The van der Waals surface area contributed by atoms with Crippen LogP contribution in [0.5, 0.6) is 0 Å². The minimum Gasteiger partial charge on any atom is -0.438 e. The molecule has 0 atom stereocenters. The number of hydrogen-bond donors (Lipinski definition) is 0. The van der Waals surface area contributed by atoms with Crippen molar-refractivity contribution in [3.05, 3.63) is 52.7 Å². The summed E-state index contributed by atoms with van der Waals surface area (Å²) in [5.74, 6) is 0.724. The molecule has 2 aromatic rings. The highest BCUT2D eigenvalue weighted by molar-refractivity contribution is 6.31. The molecule has 0 amide bonds. The largest absolute Gasteiger partial charge is 0.438 e. The Bertz CT molecular complexity index is 479. The van der Waals surface area contributed by atoms with E-state index in [0.29, 0.717) is 23.6 Å². The molecule has 0 aliphatic rings. The van der Waals surface area contributed by atoms with Crippen molar-refractivity contribution in [2.24, 2.45) is 0 Å². The number of carbonyl (C=O) groups is 1. The lowest BCUT2D eigenvalue weighted by molar-refractivity contribution is 0.109. The van der Waals surface area contributed by atoms with E-state index in [1.807, 2.05) is 18.2 Å². The van der Waals surface area contributed by atoms with E-state index < -0.39 is 0 Å². The first kappa shape index (κ1) is 9.93. The van der Waals surface area contributed by atoms with Crippen LogP contribution in [0.4, 0.5) is 0 Å². The first-order valence-corrected chi connectivity index (χ1v) is 4.80. The summed E-state index contributed by atoms with van der Waals surface area (Å²) < 4.78 is 5.15. The topological polar surface area (TPSA) is 43.1 Å². The lowest BCUT2D eigenvalue weighted by Gasteiger charge is -1.99. The molecule has 0 radical (unpaired) electrons. The van der Waals surface area contributed by atoms with Gasteiger partial charge in [-0.05, 0) is 11.6 Å². The monoisotopic (exact) mass is 221 g/mol. The van der Waals surface area contributed by atoms with E-state index in [9.17, 15) is 4.79 Å². The van der Waals surface area contributed by atoms with E-state index >= 15 is 0 Å². The van der Waals surface area contributed by atoms with E-state index in [0.717, 1.165) is 5.56 Å². The van der Waals surface area contributed by atoms with Crippen molar-refractivity contribution in [1.29, 1.82) is 0 Å². The third-order valence-corrected chi connectivity index (χ3v) is 2.36. The molecule has 0 unspecified atom stereocenters. The zero-order chi connectivity index (χ0) is 10.7. The van der Waals surface area contributed by atoms with Gasteiger partial charge in [0.25, 0.3) is 0 Å². The summed E-state index contributed by atoms with van der Waals surface area (Å²) in [6.07, 6.45) is 2.52. The maximum atomic E-state index is 10.4. The van der Waals surface area contributed by atoms with Gasteiger partial charge in [0.1, 0.15) is 0 Å². The van der Waals surface area contributed by atoms with Crippen LogP contribution in [0.1, 0.15) is 22.0 Å². The minimum absolute atomic E-state index is 0.233. The molecule has 15 heavy (non-hydrogen) atoms. The Morgan fingerprint density at radius 1 is 1.40 bits per heavy atom. The fourth-order valence-corrected chi connectivity index (χ4v) is 1.47. The summed E-state index contributed by atoms with van der Waals surface area (Å²) >= 11 is 5.98. The average Bonchev–Trinajstić information content (AvgIpc) is 2.69. The summed E-state index contributed by atoms with van der Waals surface area (Å²) in [6, 6.07) is 7.45. The summed E-state index contributed by atoms with van der Waals surface area (Å²) in [5.41, 5.74) is 0.929. The van der Waals surface area contributed by atoms with Crippen LogP contribution >= 0.6 is 11.6 Å². The molecule has 1 heterocycles. The Hall–Kier alpha value is -1.61. The molecule has 1 aromatic heterocycles. The number of benzene rings is 1. The molecule has 0 aliphatic carbocycles. The van der Waals surface area contributed by atoms with Crippen molar-refractivity contribution in [2.75, 3.05) is 0 Å². The SMILES string of the molecule is O=Cc1cnc(Cc2ccccc2Cl)o1. The van der Waals surface area contributed by atoms with Gasteiger partial charge in [-0.2, -0.15) is 0 Å². The minimum atomic E-state index is 0.233. The highest BCUT2D eigenvalue weighted by Gasteiger charge is 2.06. The van der Waals surface area contributed by atoms with Gasteiger partial charge in [0.15, 0.2) is 17.9 Å². The summed E-state index contributed by atoms with van der Waals surface area (Å²) in [6.45, 7) is 0. The van der Waals surface area contributed by atoms with Crippen molar-refractivity contribution < 1.29 is 9.21 Å². The van der Waals surface area contributed by atoms with Gasteiger partial charge in [0.2, 0.25) is 0 Å². The van der Waals surface area contributed by atoms with Crippen molar-refractivity contribution in [3.8, 4) is 0 Å². The van der Waals surface area contributed by atoms with Gasteiger partial charge in [-0.15, -0.1) is 0 Å². The van der Waals surface area contributed by atoms with Crippen LogP contribution in [-0.2, 0) is 6.42 Å². The molecule has 2 rings (SSSR count). The lowest BCUT2D eigenvalue weighted by Crippen LogP contribution is -1.88. The first-order valence-electron chi connectivity index (χ1n) is 4.43. The Morgan fingerprint density at radius 3 is 2.87 bits per heavy atom. The van der Waals surface area contributed by atoms with Crippen LogP contribution in [0.3, 0.4) is 0 Å². The van der Waals surface area contributed by atoms with Crippen LogP contribution in [-0.4, -0.2) is 11.3 Å². The van der Waals surface area contributed by atoms with Crippen LogP contribution in [0.2, 0.25) is 5.02 Å². The predicted octanol–water partition coefficient (Wildman–Crippen LogP) is 2.73. The molecule has 1 aromatic carbocycles. The van der Waals surface area contributed by atoms with Crippen LogP contribution in [0.15, 0.2) is 34.9 Å². The summed E-state index contributed by atoms with van der Waals surface area (Å²) in [4.78, 5) is 14.3. The molecule has 0 aliphatic heterocycles. The quantitative estimate of drug-likeness (QED) is 0.749. The van der Waals surface area contributed by atoms with E-state index in [-0.39, 0.29) is 5.76 Å². The number of hydrogen-bond acceptors (Lipinski definition) is 3. The van der Waals surface area contributed by atoms with Gasteiger partial charge in [-0.25, -0.2) is 4.98 Å². The zero-order valence-electron chi connectivity index (χ0n) is 7.81. The van der Waals surface area contributed by atoms with E-state index in [1.165, 1.54) is 6.20 Å². The number of aromatic nitrogens is 1. The molecule has 0 saturated carbocycles. The van der Waals surface area contributed by atoms with Crippen molar-refractivity contribution in [1.82, 2.24) is 4.98 Å². The maximum absolute atomic E-state index is 10.4. The molecule has 0 N–H and O–H groups in total. The Labute approximate surface area is 91.7 Å². The van der Waals surface area contributed by atoms with Crippen molar-refractivity contribution in [2.45, 2.75) is 6.42 Å². The predicted molar refractivity (Wildman–Crippen MR) is 56.1 cm³/mol. The van der Waals surface area contributed by atoms with Crippen molar-refractivity contribution >= 4 is 17.9 Å². The maximum Gasteiger partial charge on any atom is 0.199 e. The number of nitrogens with zero attached hydrogens (tertiary/aromatic N) is 1. The second kappa shape index (κ2) is 4.28. The standard InChI is InChI=1S/C11H8ClNO2/c12-10-4-2-1-3-8(10)5-11-13-6-9(7-14)15-11/h1-4,6-7H,5H2. The number of aldehydes is 1. The fourth-order valence-electron chi connectivity index (χ4n) is 1.27. The number of oxazole rings is 1. The highest BCUT2D eigenvalue weighted by atomic mass is 35.5. The second-order valence-corrected chi connectivity index (χ2v) is 3.45. The molecule has 0 bridgehead atoms. The van der Waals surface area contributed by atoms with Gasteiger partial charge in [-0.1, -0.05) is 29.8 Å². The smallest absolute Gasteiger partial charge is 0.199 e. The van der Waals surface area contributed by atoms with E-state index in [1.54, 1.807) is 6.07 Å². The Morgan fingerprint density at radius 2 is 2.20 bits per heavy atom. The van der Waals surface area contributed by atoms with Gasteiger partial charge in [-0.3, -0.25) is 4.79 Å². The van der Waals surface area contributed by atoms with Gasteiger partial charge in [0.05, 0.1) is 12.6 Å². The van der Waals surface area contributed by atoms with Crippen LogP contribution in [0.25, 0.3) is 0 Å². The van der Waals surface area contributed by atoms with Gasteiger partial charge >= 0.3 is 0 Å². The number of rotatable bonds is 3. The van der Waals surface area contributed by atoms with Crippen LogP contribution < -0.4 is 0 Å². The molecule has 0 saturated heterocycles. The molecule has 0 spiro atoms. The number of carbonyl (C=O) groups excluding carboxylic acids is 1. The van der Waals surface area contributed by atoms with E-state index in [4.69, 9.17) is 16.0 Å². The molecule has 3 nitrogen and oxygen atoms in total. The number of halogens is 1. The van der Waals surface area contributed by atoms with Crippen molar-refractivity contribution in [3.63, 3.8) is 0 Å². The second-order valence-electron chi connectivity index (χ2n) is 3.04. The Balaban J connectivity index is 2.22. The molecular weight excluding hydrogens is 214 g/mol. The third kappa shape index (κ3) is 2.25. The lowest BCUT2D eigenvalue weighted by atomic mass is 10.1. The normalized spacial score (nSPS) is 10.2. The summed E-state index contributed by atoms with van der Waals surface area (Å²) in [7, 11) is 0. The van der Waals surface area contributed by atoms with Crippen LogP contribution in [0, 0.1) is 0 Å². The van der Waals surface area contributed by atoms with Gasteiger partial charge in [0, 0.05) is 5.02 Å². The molecular formula is C11H8ClNO2. The molecule has 76 valence electrons. The molecule has 4 heteroatoms. The zero-order valence-corrected chi connectivity index (χ0v) is 8.57. The fraction of sp³-hybridized carbons (Fsp3) is 0.0909.